The Balaban J connectivity index is 1.78. The monoisotopic (exact) mass is 329 g/mol. The number of hydrogen-bond donors (Lipinski definition) is 0. The predicted octanol–water partition coefficient (Wildman–Crippen LogP) is 2.58. The van der Waals surface area contributed by atoms with E-state index in [-0.39, 0.29) is 11.6 Å². The molecule has 4 rings (SSSR count). The molecule has 0 unspecified atom stereocenters. The lowest BCUT2D eigenvalue weighted by atomic mass is 10.1. The van der Waals surface area contributed by atoms with Crippen LogP contribution in [0.2, 0.25) is 0 Å². The highest BCUT2D eigenvalue weighted by Gasteiger charge is 2.20. The Labute approximate surface area is 137 Å². The zero-order valence-corrected chi connectivity index (χ0v) is 13.9. The lowest BCUT2D eigenvalue weighted by Gasteiger charge is -2.14. The van der Waals surface area contributed by atoms with E-state index in [0.717, 1.165) is 23.1 Å². The molecule has 3 aromatic rings. The second kappa shape index (κ2) is 5.88. The molecule has 0 radical (unpaired) electrons. The molecule has 0 bridgehead atoms. The molecule has 0 saturated heterocycles. The van der Waals surface area contributed by atoms with Crippen molar-refractivity contribution in [2.45, 2.75) is 51.6 Å². The molecule has 0 amide bonds. The van der Waals surface area contributed by atoms with Gasteiger partial charge in [-0.15, -0.1) is 11.3 Å². The van der Waals surface area contributed by atoms with Crippen LogP contribution < -0.4 is 5.56 Å². The lowest BCUT2D eigenvalue weighted by molar-refractivity contribution is 0.425. The van der Waals surface area contributed by atoms with E-state index in [9.17, 15) is 4.79 Å². The molecule has 7 heteroatoms. The second-order valence-electron chi connectivity index (χ2n) is 6.17. The van der Waals surface area contributed by atoms with Crippen molar-refractivity contribution in [2.75, 3.05) is 0 Å². The van der Waals surface area contributed by atoms with Crippen molar-refractivity contribution in [3.63, 3.8) is 0 Å². The highest BCUT2D eigenvalue weighted by Crippen LogP contribution is 2.32. The van der Waals surface area contributed by atoms with Gasteiger partial charge in [0.15, 0.2) is 0 Å². The van der Waals surface area contributed by atoms with Crippen molar-refractivity contribution in [1.82, 2.24) is 24.3 Å². The molecule has 3 heterocycles. The van der Waals surface area contributed by atoms with E-state index in [1.165, 1.54) is 36.0 Å². The number of thiophene rings is 1. The summed E-state index contributed by atoms with van der Waals surface area (Å²) in [7, 11) is 0. The van der Waals surface area contributed by atoms with Crippen molar-refractivity contribution in [1.29, 1.82) is 0 Å². The summed E-state index contributed by atoms with van der Waals surface area (Å²) in [5, 5.41) is 4.97. The minimum absolute atomic E-state index is 0.0116. The smallest absolute Gasteiger partial charge is 0.262 e. The summed E-state index contributed by atoms with van der Waals surface area (Å²) in [5.41, 5.74) is 1.34. The van der Waals surface area contributed by atoms with Gasteiger partial charge in [-0.3, -0.25) is 14.0 Å². The fraction of sp³-hybridized carbons (Fsp3) is 0.500. The average molecular weight is 329 g/mol. The molecule has 1 aliphatic carbocycles. The van der Waals surface area contributed by atoms with Gasteiger partial charge in [0.25, 0.3) is 5.56 Å². The first-order valence-electron chi connectivity index (χ1n) is 8.08. The molecule has 1 aliphatic rings. The van der Waals surface area contributed by atoms with Crippen LogP contribution in [0.25, 0.3) is 10.2 Å². The first kappa shape index (κ1) is 14.6. The van der Waals surface area contributed by atoms with Gasteiger partial charge in [0, 0.05) is 4.88 Å². The van der Waals surface area contributed by atoms with Crippen molar-refractivity contribution in [3.8, 4) is 0 Å². The van der Waals surface area contributed by atoms with E-state index in [0.29, 0.717) is 6.54 Å². The molecular formula is C16H19N5OS. The summed E-state index contributed by atoms with van der Waals surface area (Å²) >= 11 is 1.70. The summed E-state index contributed by atoms with van der Waals surface area (Å²) < 4.78 is 3.48. The average Bonchev–Trinajstić information content (AvgIpc) is 3.10. The molecule has 0 aliphatic heterocycles. The standard InChI is InChI=1S/C16H19N5OS/c1-11(7-20-9-17-8-19-20)21-10-18-15-14(16(21)22)12-5-3-2-4-6-13(12)23-15/h8-11H,2-7H2,1H3/t11-/m0/s1. The van der Waals surface area contributed by atoms with Gasteiger partial charge in [-0.05, 0) is 38.2 Å². The first-order chi connectivity index (χ1) is 11.2. The molecule has 0 spiro atoms. The minimum atomic E-state index is -0.0116. The van der Waals surface area contributed by atoms with Gasteiger partial charge in [-0.25, -0.2) is 9.97 Å². The summed E-state index contributed by atoms with van der Waals surface area (Å²) in [5.74, 6) is 0. The number of nitrogens with zero attached hydrogens (tertiary/aromatic N) is 5. The zero-order chi connectivity index (χ0) is 15.8. The van der Waals surface area contributed by atoms with Gasteiger partial charge in [-0.2, -0.15) is 5.10 Å². The molecule has 120 valence electrons. The lowest BCUT2D eigenvalue weighted by Crippen LogP contribution is -2.26. The normalized spacial score (nSPS) is 16.2. The fourth-order valence-electron chi connectivity index (χ4n) is 3.34. The van der Waals surface area contributed by atoms with Gasteiger partial charge in [0.2, 0.25) is 0 Å². The maximum atomic E-state index is 13.0. The largest absolute Gasteiger partial charge is 0.294 e. The molecule has 0 saturated carbocycles. The summed E-state index contributed by atoms with van der Waals surface area (Å²) in [6.45, 7) is 2.63. The molecule has 0 fully saturated rings. The third-order valence-electron chi connectivity index (χ3n) is 4.54. The van der Waals surface area contributed by atoms with Crippen LogP contribution in [-0.4, -0.2) is 24.3 Å². The van der Waals surface area contributed by atoms with Crippen LogP contribution in [0.1, 0.15) is 42.7 Å². The highest BCUT2D eigenvalue weighted by atomic mass is 32.1. The molecule has 3 aromatic heterocycles. The van der Waals surface area contributed by atoms with E-state index in [4.69, 9.17) is 0 Å². The zero-order valence-electron chi connectivity index (χ0n) is 13.1. The fourth-order valence-corrected chi connectivity index (χ4v) is 4.56. The number of aryl methyl sites for hydroxylation is 2. The van der Waals surface area contributed by atoms with Crippen molar-refractivity contribution in [2.24, 2.45) is 0 Å². The van der Waals surface area contributed by atoms with Crippen LogP contribution in [0.5, 0.6) is 0 Å². The maximum Gasteiger partial charge on any atom is 0.262 e. The Bertz CT molecular complexity index is 880. The Kier molecular flexibility index (Phi) is 3.72. The number of fused-ring (bicyclic) bond motifs is 3. The molecule has 0 aromatic carbocycles. The quantitative estimate of drug-likeness (QED) is 0.693. The Hall–Kier alpha value is -2.02. The summed E-state index contributed by atoms with van der Waals surface area (Å²) in [6.07, 6.45) is 10.6. The number of hydrogen-bond acceptors (Lipinski definition) is 5. The van der Waals surface area contributed by atoms with Crippen LogP contribution >= 0.6 is 11.3 Å². The molecule has 0 N–H and O–H groups in total. The van der Waals surface area contributed by atoms with E-state index < -0.39 is 0 Å². The predicted molar refractivity (Wildman–Crippen MR) is 89.9 cm³/mol. The Morgan fingerprint density at radius 3 is 2.96 bits per heavy atom. The van der Waals surface area contributed by atoms with Gasteiger partial charge >= 0.3 is 0 Å². The van der Waals surface area contributed by atoms with Gasteiger partial charge < -0.3 is 0 Å². The van der Waals surface area contributed by atoms with Crippen LogP contribution in [0.3, 0.4) is 0 Å². The van der Waals surface area contributed by atoms with Crippen molar-refractivity contribution in [3.05, 3.63) is 39.8 Å². The van der Waals surface area contributed by atoms with Crippen LogP contribution in [0.15, 0.2) is 23.8 Å². The van der Waals surface area contributed by atoms with Crippen molar-refractivity contribution >= 4 is 21.6 Å². The number of rotatable bonds is 3. The van der Waals surface area contributed by atoms with E-state index in [1.807, 2.05) is 6.92 Å². The topological polar surface area (TPSA) is 65.6 Å². The molecule has 23 heavy (non-hydrogen) atoms. The molecule has 1 atom stereocenters. The van der Waals surface area contributed by atoms with Crippen LogP contribution in [0, 0.1) is 0 Å². The van der Waals surface area contributed by atoms with Crippen LogP contribution in [-0.2, 0) is 19.4 Å². The third-order valence-corrected chi connectivity index (χ3v) is 5.74. The molecule has 6 nitrogen and oxygen atoms in total. The van der Waals surface area contributed by atoms with Gasteiger partial charge in [-0.1, -0.05) is 6.42 Å². The maximum absolute atomic E-state index is 13.0. The van der Waals surface area contributed by atoms with E-state index in [2.05, 4.69) is 15.1 Å². The Morgan fingerprint density at radius 1 is 1.26 bits per heavy atom. The van der Waals surface area contributed by atoms with Gasteiger partial charge in [0.1, 0.15) is 17.5 Å². The molecular weight excluding hydrogens is 310 g/mol. The van der Waals surface area contributed by atoms with E-state index >= 15 is 0 Å². The van der Waals surface area contributed by atoms with Crippen molar-refractivity contribution < 1.29 is 0 Å². The summed E-state index contributed by atoms with van der Waals surface area (Å²) in [4.78, 5) is 23.8. The van der Waals surface area contributed by atoms with Gasteiger partial charge in [0.05, 0.1) is 24.3 Å². The Morgan fingerprint density at radius 2 is 2.13 bits per heavy atom. The van der Waals surface area contributed by atoms with E-state index in [1.54, 1.807) is 33.2 Å². The SMILES string of the molecule is C[C@@H](Cn1cncn1)n1cnc2sc3c(c2c1=O)CCCCC3. The first-order valence-corrected chi connectivity index (χ1v) is 8.89. The van der Waals surface area contributed by atoms with Crippen LogP contribution in [0.4, 0.5) is 0 Å². The number of aromatic nitrogens is 5. The summed E-state index contributed by atoms with van der Waals surface area (Å²) in [6, 6.07) is -0.0116. The minimum Gasteiger partial charge on any atom is -0.294 e. The third kappa shape index (κ3) is 2.59. The second-order valence-corrected chi connectivity index (χ2v) is 7.25. The highest BCUT2D eigenvalue weighted by molar-refractivity contribution is 7.18.